The topological polar surface area (TPSA) is 101 Å². The van der Waals surface area contributed by atoms with Crippen molar-refractivity contribution in [3.05, 3.63) is 24.2 Å². The van der Waals surface area contributed by atoms with Crippen LogP contribution in [0.15, 0.2) is 28.0 Å². The quantitative estimate of drug-likeness (QED) is 0.293. The number of nitrogens with two attached hydrogens (primary N) is 1. The average molecular weight is 211 g/mol. The summed E-state index contributed by atoms with van der Waals surface area (Å²) in [4.78, 5) is 11.5. The second-order valence-electron chi connectivity index (χ2n) is 2.94. The summed E-state index contributed by atoms with van der Waals surface area (Å²) in [5, 5.41) is 13.9. The molecule has 0 aromatic carbocycles. The molecule has 1 rings (SSSR count). The summed E-state index contributed by atoms with van der Waals surface area (Å²) in [5.41, 5.74) is 5.38. The van der Waals surface area contributed by atoms with Crippen molar-refractivity contribution in [2.45, 2.75) is 19.4 Å². The highest BCUT2D eigenvalue weighted by atomic mass is 16.4. The fourth-order valence-electron chi connectivity index (χ4n) is 1.09. The zero-order chi connectivity index (χ0) is 11.3. The van der Waals surface area contributed by atoms with Crippen molar-refractivity contribution in [1.29, 1.82) is 0 Å². The molecule has 0 radical (unpaired) electrons. The molecule has 0 aliphatic carbocycles. The van der Waals surface area contributed by atoms with Crippen LogP contribution in [0.1, 0.15) is 23.9 Å². The monoisotopic (exact) mass is 211 g/mol. The third kappa shape index (κ3) is 2.73. The fraction of sp³-hybridized carbons (Fsp3) is 0.333. The summed E-state index contributed by atoms with van der Waals surface area (Å²) < 4.78 is 4.90. The lowest BCUT2D eigenvalue weighted by Crippen LogP contribution is -2.44. The second-order valence-corrected chi connectivity index (χ2v) is 2.94. The summed E-state index contributed by atoms with van der Waals surface area (Å²) in [6, 6.07) is 2.65. The molecule has 1 heterocycles. The summed E-state index contributed by atoms with van der Waals surface area (Å²) in [6.45, 7) is 1.81. The number of rotatable bonds is 4. The third-order valence-electron chi connectivity index (χ3n) is 1.93. The summed E-state index contributed by atoms with van der Waals surface area (Å²) >= 11 is 0. The van der Waals surface area contributed by atoms with Crippen LogP contribution >= 0.6 is 0 Å². The van der Waals surface area contributed by atoms with E-state index >= 15 is 0 Å². The molecule has 4 N–H and O–H groups in total. The van der Waals surface area contributed by atoms with Gasteiger partial charge in [0.25, 0.3) is 5.91 Å². The van der Waals surface area contributed by atoms with Crippen molar-refractivity contribution in [3.8, 4) is 0 Å². The number of furan rings is 1. The van der Waals surface area contributed by atoms with E-state index in [0.717, 1.165) is 0 Å². The lowest BCUT2D eigenvalue weighted by Gasteiger charge is -2.13. The third-order valence-corrected chi connectivity index (χ3v) is 1.93. The standard InChI is InChI=1S/C9H13N3O3/c1-2-6(8(10)12-14)11-9(13)7-4-3-5-15-7/h3-6,14H,2H2,1H3,(H2,10,12)(H,11,13). The summed E-state index contributed by atoms with van der Waals surface area (Å²) in [6.07, 6.45) is 1.93. The molecule has 0 aliphatic heterocycles. The largest absolute Gasteiger partial charge is 0.459 e. The van der Waals surface area contributed by atoms with Crippen molar-refractivity contribution in [2.24, 2.45) is 10.9 Å². The van der Waals surface area contributed by atoms with Gasteiger partial charge in [-0.15, -0.1) is 0 Å². The summed E-state index contributed by atoms with van der Waals surface area (Å²) in [7, 11) is 0. The maximum Gasteiger partial charge on any atom is 0.287 e. The molecule has 0 fully saturated rings. The van der Waals surface area contributed by atoms with Gasteiger partial charge >= 0.3 is 0 Å². The highest BCUT2D eigenvalue weighted by molar-refractivity contribution is 5.96. The fourth-order valence-corrected chi connectivity index (χ4v) is 1.09. The maximum absolute atomic E-state index is 11.5. The first-order chi connectivity index (χ1) is 7.19. The van der Waals surface area contributed by atoms with Gasteiger partial charge in [0, 0.05) is 0 Å². The van der Waals surface area contributed by atoms with Crippen LogP contribution in [0.3, 0.4) is 0 Å². The smallest absolute Gasteiger partial charge is 0.287 e. The van der Waals surface area contributed by atoms with Crippen LogP contribution in [-0.4, -0.2) is 23.0 Å². The molecule has 0 aliphatic rings. The predicted molar refractivity (Wildman–Crippen MR) is 53.7 cm³/mol. The Balaban J connectivity index is 2.64. The van der Waals surface area contributed by atoms with E-state index in [1.807, 2.05) is 6.92 Å². The molecular weight excluding hydrogens is 198 g/mol. The Kier molecular flexibility index (Phi) is 3.73. The second kappa shape index (κ2) is 5.04. The minimum Gasteiger partial charge on any atom is -0.459 e. The Hall–Kier alpha value is -1.98. The molecule has 0 bridgehead atoms. The number of nitrogens with one attached hydrogen (secondary N) is 1. The minimum absolute atomic E-state index is 0.0302. The lowest BCUT2D eigenvalue weighted by molar-refractivity contribution is 0.0917. The SMILES string of the molecule is CCC(NC(=O)c1ccco1)/C(N)=N/O. The Morgan fingerprint density at radius 3 is 3.00 bits per heavy atom. The van der Waals surface area contributed by atoms with Gasteiger partial charge in [-0.25, -0.2) is 0 Å². The number of amides is 1. The van der Waals surface area contributed by atoms with E-state index in [9.17, 15) is 4.79 Å². The lowest BCUT2D eigenvalue weighted by atomic mass is 10.2. The maximum atomic E-state index is 11.5. The molecule has 82 valence electrons. The van der Waals surface area contributed by atoms with Gasteiger partial charge in [-0.1, -0.05) is 12.1 Å². The highest BCUT2D eigenvalue weighted by Crippen LogP contribution is 2.01. The molecular formula is C9H13N3O3. The number of amidine groups is 1. The van der Waals surface area contributed by atoms with E-state index in [4.69, 9.17) is 15.4 Å². The van der Waals surface area contributed by atoms with Crippen LogP contribution in [-0.2, 0) is 0 Å². The first-order valence-electron chi connectivity index (χ1n) is 4.50. The van der Waals surface area contributed by atoms with Crippen LogP contribution in [0.4, 0.5) is 0 Å². The van der Waals surface area contributed by atoms with Gasteiger partial charge in [0.05, 0.1) is 12.3 Å². The van der Waals surface area contributed by atoms with Crippen LogP contribution in [0, 0.1) is 0 Å². The molecule has 1 aromatic heterocycles. The Labute approximate surface area is 86.7 Å². The van der Waals surface area contributed by atoms with E-state index in [2.05, 4.69) is 10.5 Å². The normalized spacial score (nSPS) is 13.5. The summed E-state index contributed by atoms with van der Waals surface area (Å²) in [5.74, 6) is -0.227. The Morgan fingerprint density at radius 1 is 1.80 bits per heavy atom. The van der Waals surface area contributed by atoms with Crippen molar-refractivity contribution in [3.63, 3.8) is 0 Å². The van der Waals surface area contributed by atoms with Gasteiger partial charge in [0.2, 0.25) is 0 Å². The van der Waals surface area contributed by atoms with Crippen molar-refractivity contribution in [1.82, 2.24) is 5.32 Å². The average Bonchev–Trinajstić information content (AvgIpc) is 2.77. The molecule has 0 spiro atoms. The predicted octanol–water partition coefficient (Wildman–Crippen LogP) is 0.534. The van der Waals surface area contributed by atoms with Gasteiger partial charge in [0.15, 0.2) is 11.6 Å². The van der Waals surface area contributed by atoms with E-state index in [0.29, 0.717) is 6.42 Å². The van der Waals surface area contributed by atoms with Crippen LogP contribution in [0.25, 0.3) is 0 Å². The van der Waals surface area contributed by atoms with E-state index in [1.54, 1.807) is 6.07 Å². The van der Waals surface area contributed by atoms with Crippen molar-refractivity contribution >= 4 is 11.7 Å². The number of nitrogens with zero attached hydrogens (tertiary/aromatic N) is 1. The van der Waals surface area contributed by atoms with Crippen LogP contribution in [0.2, 0.25) is 0 Å². The number of hydrogen-bond donors (Lipinski definition) is 3. The molecule has 1 atom stereocenters. The van der Waals surface area contributed by atoms with Gasteiger partial charge in [-0.3, -0.25) is 4.79 Å². The molecule has 6 heteroatoms. The van der Waals surface area contributed by atoms with Gasteiger partial charge in [-0.05, 0) is 18.6 Å². The molecule has 6 nitrogen and oxygen atoms in total. The van der Waals surface area contributed by atoms with Crippen molar-refractivity contribution < 1.29 is 14.4 Å². The van der Waals surface area contributed by atoms with Crippen LogP contribution in [0.5, 0.6) is 0 Å². The number of carbonyl (C=O) groups excluding carboxylic acids is 1. The zero-order valence-corrected chi connectivity index (χ0v) is 8.30. The van der Waals surface area contributed by atoms with E-state index in [1.165, 1.54) is 12.3 Å². The van der Waals surface area contributed by atoms with Gasteiger partial charge in [0.1, 0.15) is 0 Å². The zero-order valence-electron chi connectivity index (χ0n) is 8.30. The molecule has 1 amide bonds. The molecule has 15 heavy (non-hydrogen) atoms. The first kappa shape index (κ1) is 11.1. The minimum atomic E-state index is -0.493. The van der Waals surface area contributed by atoms with Gasteiger partial charge in [-0.2, -0.15) is 0 Å². The van der Waals surface area contributed by atoms with Crippen molar-refractivity contribution in [2.75, 3.05) is 0 Å². The number of carbonyl (C=O) groups is 1. The van der Waals surface area contributed by atoms with Crippen LogP contribution < -0.4 is 11.1 Å². The molecule has 0 saturated carbocycles. The van der Waals surface area contributed by atoms with E-state index in [-0.39, 0.29) is 11.6 Å². The Bertz CT molecular complexity index is 345. The number of oxime groups is 1. The first-order valence-corrected chi connectivity index (χ1v) is 4.50. The molecule has 1 unspecified atom stereocenters. The molecule has 0 saturated heterocycles. The Morgan fingerprint density at radius 2 is 2.53 bits per heavy atom. The van der Waals surface area contributed by atoms with E-state index < -0.39 is 11.9 Å². The van der Waals surface area contributed by atoms with Gasteiger partial charge < -0.3 is 20.7 Å². The molecule has 1 aromatic rings. The highest BCUT2D eigenvalue weighted by Gasteiger charge is 2.17. The number of hydrogen-bond acceptors (Lipinski definition) is 4.